The second-order valence-corrected chi connectivity index (χ2v) is 3.31. The molecular formula is C9H10BrFN4. The molecule has 15 heavy (non-hydrogen) atoms. The SMILES string of the molecule is NC(N)=NN=Cc1cc(F)ccc1CBr. The Labute approximate surface area is 95.0 Å². The minimum absolute atomic E-state index is 0.136. The van der Waals surface area contributed by atoms with Gasteiger partial charge in [0.25, 0.3) is 0 Å². The number of alkyl halides is 1. The second kappa shape index (κ2) is 5.45. The van der Waals surface area contributed by atoms with Gasteiger partial charge in [0.15, 0.2) is 0 Å². The summed E-state index contributed by atoms with van der Waals surface area (Å²) in [5, 5.41) is 7.65. The zero-order valence-corrected chi connectivity index (χ0v) is 9.41. The number of guanidine groups is 1. The van der Waals surface area contributed by atoms with Gasteiger partial charge in [-0.2, -0.15) is 5.10 Å². The molecule has 0 atom stereocenters. The van der Waals surface area contributed by atoms with Crippen LogP contribution < -0.4 is 11.5 Å². The Bertz CT molecular complexity index is 399. The highest BCUT2D eigenvalue weighted by atomic mass is 79.9. The molecule has 0 heterocycles. The summed E-state index contributed by atoms with van der Waals surface area (Å²) in [7, 11) is 0. The maximum absolute atomic E-state index is 12.9. The van der Waals surface area contributed by atoms with Gasteiger partial charge >= 0.3 is 0 Å². The second-order valence-electron chi connectivity index (χ2n) is 2.75. The summed E-state index contributed by atoms with van der Waals surface area (Å²) in [5.74, 6) is -0.464. The molecular weight excluding hydrogens is 263 g/mol. The van der Waals surface area contributed by atoms with E-state index in [1.165, 1.54) is 18.3 Å². The van der Waals surface area contributed by atoms with Crippen LogP contribution >= 0.6 is 15.9 Å². The van der Waals surface area contributed by atoms with Crippen molar-refractivity contribution in [1.82, 2.24) is 0 Å². The van der Waals surface area contributed by atoms with Crippen LogP contribution in [0.5, 0.6) is 0 Å². The Morgan fingerprint density at radius 1 is 1.47 bits per heavy atom. The first-order valence-corrected chi connectivity index (χ1v) is 5.22. The molecule has 0 aliphatic heterocycles. The fourth-order valence-corrected chi connectivity index (χ4v) is 1.48. The average Bonchev–Trinajstić information content (AvgIpc) is 2.17. The number of rotatable bonds is 3. The van der Waals surface area contributed by atoms with Gasteiger partial charge in [0.1, 0.15) is 5.82 Å². The first kappa shape index (κ1) is 11.6. The molecule has 0 fully saturated rings. The Hall–Kier alpha value is -1.43. The van der Waals surface area contributed by atoms with Gasteiger partial charge in [0.05, 0.1) is 6.21 Å². The van der Waals surface area contributed by atoms with Crippen molar-refractivity contribution in [2.75, 3.05) is 0 Å². The van der Waals surface area contributed by atoms with E-state index in [0.29, 0.717) is 10.9 Å². The van der Waals surface area contributed by atoms with Gasteiger partial charge in [-0.1, -0.05) is 22.0 Å². The van der Waals surface area contributed by atoms with Crippen molar-refractivity contribution in [1.29, 1.82) is 0 Å². The molecule has 0 aromatic heterocycles. The fourth-order valence-electron chi connectivity index (χ4n) is 0.965. The predicted molar refractivity (Wildman–Crippen MR) is 62.4 cm³/mol. The quantitative estimate of drug-likeness (QED) is 0.377. The Kier molecular flexibility index (Phi) is 4.23. The molecule has 4 nitrogen and oxygen atoms in total. The first-order valence-electron chi connectivity index (χ1n) is 4.10. The van der Waals surface area contributed by atoms with Crippen LogP contribution in [0.25, 0.3) is 0 Å². The predicted octanol–water partition coefficient (Wildman–Crippen LogP) is 1.33. The van der Waals surface area contributed by atoms with Crippen LogP contribution in [0.3, 0.4) is 0 Å². The lowest BCUT2D eigenvalue weighted by Crippen LogP contribution is -2.21. The van der Waals surface area contributed by atoms with E-state index in [1.807, 2.05) is 0 Å². The van der Waals surface area contributed by atoms with E-state index >= 15 is 0 Å². The number of nitrogens with two attached hydrogens (primary N) is 2. The molecule has 0 saturated carbocycles. The normalized spacial score (nSPS) is 10.5. The number of halogens is 2. The fraction of sp³-hybridized carbons (Fsp3) is 0.111. The molecule has 1 aromatic rings. The van der Waals surface area contributed by atoms with Gasteiger partial charge in [-0.15, -0.1) is 5.10 Å². The average molecular weight is 273 g/mol. The Balaban J connectivity index is 2.97. The summed E-state index contributed by atoms with van der Waals surface area (Å²) in [6.07, 6.45) is 1.40. The van der Waals surface area contributed by atoms with E-state index in [-0.39, 0.29) is 11.8 Å². The van der Waals surface area contributed by atoms with Crippen LogP contribution in [-0.4, -0.2) is 12.2 Å². The number of nitrogens with zero attached hydrogens (tertiary/aromatic N) is 2. The van der Waals surface area contributed by atoms with E-state index in [4.69, 9.17) is 11.5 Å². The lowest BCUT2D eigenvalue weighted by atomic mass is 10.1. The van der Waals surface area contributed by atoms with Crippen LogP contribution in [0.1, 0.15) is 11.1 Å². The van der Waals surface area contributed by atoms with E-state index < -0.39 is 0 Å². The highest BCUT2D eigenvalue weighted by molar-refractivity contribution is 9.08. The van der Waals surface area contributed by atoms with Crippen molar-refractivity contribution >= 4 is 28.1 Å². The third-order valence-electron chi connectivity index (χ3n) is 1.62. The van der Waals surface area contributed by atoms with Crippen molar-refractivity contribution in [3.8, 4) is 0 Å². The molecule has 0 unspecified atom stereocenters. The largest absolute Gasteiger partial charge is 0.369 e. The third-order valence-corrected chi connectivity index (χ3v) is 2.23. The van der Waals surface area contributed by atoms with E-state index in [0.717, 1.165) is 5.56 Å². The molecule has 80 valence electrons. The molecule has 0 amide bonds. The standard InChI is InChI=1S/C9H10BrFN4/c10-4-6-1-2-8(11)3-7(6)5-14-15-9(12)13/h1-3,5H,4H2,(H4,12,13,15). The molecule has 1 aromatic carbocycles. The number of hydrogen-bond donors (Lipinski definition) is 2. The summed E-state index contributed by atoms with van der Waals surface area (Å²) in [4.78, 5) is 0. The third kappa shape index (κ3) is 3.67. The molecule has 1 rings (SSSR count). The van der Waals surface area contributed by atoms with Gasteiger partial charge in [-0.25, -0.2) is 4.39 Å². The summed E-state index contributed by atoms with van der Waals surface area (Å²) in [5.41, 5.74) is 11.7. The van der Waals surface area contributed by atoms with Gasteiger partial charge in [0, 0.05) is 10.9 Å². The van der Waals surface area contributed by atoms with E-state index in [9.17, 15) is 4.39 Å². The zero-order chi connectivity index (χ0) is 11.3. The van der Waals surface area contributed by atoms with Crippen LogP contribution in [-0.2, 0) is 5.33 Å². The summed E-state index contributed by atoms with van der Waals surface area (Å²) in [6.45, 7) is 0. The molecule has 0 bridgehead atoms. The summed E-state index contributed by atoms with van der Waals surface area (Å²) in [6, 6.07) is 4.41. The minimum atomic E-state index is -0.328. The number of benzene rings is 1. The minimum Gasteiger partial charge on any atom is -0.369 e. The van der Waals surface area contributed by atoms with E-state index in [2.05, 4.69) is 26.1 Å². The molecule has 0 aliphatic rings. The Morgan fingerprint density at radius 2 is 2.20 bits per heavy atom. The highest BCUT2D eigenvalue weighted by Gasteiger charge is 2.00. The summed E-state index contributed by atoms with van der Waals surface area (Å²) >= 11 is 3.28. The van der Waals surface area contributed by atoms with Gasteiger partial charge < -0.3 is 11.5 Å². The van der Waals surface area contributed by atoms with Crippen molar-refractivity contribution < 1.29 is 4.39 Å². The topological polar surface area (TPSA) is 76.8 Å². The van der Waals surface area contributed by atoms with Crippen molar-refractivity contribution in [2.24, 2.45) is 21.7 Å². The van der Waals surface area contributed by atoms with Crippen LogP contribution in [0.2, 0.25) is 0 Å². The number of hydrogen-bond acceptors (Lipinski definition) is 2. The maximum atomic E-state index is 12.9. The molecule has 4 N–H and O–H groups in total. The molecule has 0 saturated heterocycles. The monoisotopic (exact) mass is 272 g/mol. The Morgan fingerprint density at radius 3 is 2.80 bits per heavy atom. The van der Waals surface area contributed by atoms with Crippen molar-refractivity contribution in [3.05, 3.63) is 35.1 Å². The van der Waals surface area contributed by atoms with Crippen molar-refractivity contribution in [2.45, 2.75) is 5.33 Å². The molecule has 0 spiro atoms. The van der Waals surface area contributed by atoms with Crippen molar-refractivity contribution in [3.63, 3.8) is 0 Å². The molecule has 6 heteroatoms. The highest BCUT2D eigenvalue weighted by Crippen LogP contribution is 2.12. The lowest BCUT2D eigenvalue weighted by molar-refractivity contribution is 0.627. The smallest absolute Gasteiger partial charge is 0.211 e. The van der Waals surface area contributed by atoms with Crippen LogP contribution in [0, 0.1) is 5.82 Å². The van der Waals surface area contributed by atoms with E-state index in [1.54, 1.807) is 6.07 Å². The lowest BCUT2D eigenvalue weighted by Gasteiger charge is -2.00. The zero-order valence-electron chi connectivity index (χ0n) is 7.82. The summed E-state index contributed by atoms with van der Waals surface area (Å²) < 4.78 is 12.9. The van der Waals surface area contributed by atoms with Gasteiger partial charge in [-0.05, 0) is 17.7 Å². The van der Waals surface area contributed by atoms with Crippen LogP contribution in [0.15, 0.2) is 28.4 Å². The molecule has 0 aliphatic carbocycles. The van der Waals surface area contributed by atoms with Gasteiger partial charge in [0.2, 0.25) is 5.96 Å². The molecule has 0 radical (unpaired) electrons. The maximum Gasteiger partial charge on any atom is 0.211 e. The van der Waals surface area contributed by atoms with Crippen LogP contribution in [0.4, 0.5) is 4.39 Å². The first-order chi connectivity index (χ1) is 7.13. The van der Waals surface area contributed by atoms with Gasteiger partial charge in [-0.3, -0.25) is 0 Å².